The van der Waals surface area contributed by atoms with Gasteiger partial charge in [-0.15, -0.1) is 0 Å². The minimum absolute atomic E-state index is 0.185. The molecule has 1 amide bonds. The molecular formula is C28H33FN4O. The van der Waals surface area contributed by atoms with Gasteiger partial charge in [-0.25, -0.2) is 9.07 Å². The van der Waals surface area contributed by atoms with Crippen LogP contribution in [0.15, 0.2) is 48.5 Å². The van der Waals surface area contributed by atoms with Crippen LogP contribution in [0.2, 0.25) is 0 Å². The van der Waals surface area contributed by atoms with Crippen molar-refractivity contribution in [2.75, 3.05) is 13.1 Å². The minimum atomic E-state index is -0.206. The number of carbonyl (C=O) groups is 1. The predicted octanol–water partition coefficient (Wildman–Crippen LogP) is 5.03. The van der Waals surface area contributed by atoms with Gasteiger partial charge in [0.2, 0.25) is 5.91 Å². The fourth-order valence-corrected chi connectivity index (χ4v) is 4.99. The Morgan fingerprint density at radius 1 is 1.12 bits per heavy atom. The highest BCUT2D eigenvalue weighted by Crippen LogP contribution is 2.31. The largest absolute Gasteiger partial charge is 0.337 e. The number of nitrogens with zero attached hydrogens (tertiary/aromatic N) is 4. The van der Waals surface area contributed by atoms with Gasteiger partial charge in [0.1, 0.15) is 5.82 Å². The van der Waals surface area contributed by atoms with E-state index in [0.29, 0.717) is 13.1 Å². The van der Waals surface area contributed by atoms with Crippen molar-refractivity contribution in [1.29, 1.82) is 0 Å². The second kappa shape index (κ2) is 9.71. The van der Waals surface area contributed by atoms with Crippen LogP contribution in [0.5, 0.6) is 0 Å². The Morgan fingerprint density at radius 3 is 2.50 bits per heavy atom. The van der Waals surface area contributed by atoms with Gasteiger partial charge in [0.25, 0.3) is 0 Å². The predicted molar refractivity (Wildman–Crippen MR) is 131 cm³/mol. The quantitative estimate of drug-likeness (QED) is 0.497. The third-order valence-corrected chi connectivity index (χ3v) is 7.31. The molecule has 0 atom stereocenters. The number of amides is 1. The number of hydrogen-bond acceptors (Lipinski definition) is 3. The highest BCUT2D eigenvalue weighted by atomic mass is 19.1. The van der Waals surface area contributed by atoms with Crippen LogP contribution in [-0.2, 0) is 30.8 Å². The maximum atomic E-state index is 13.4. The van der Waals surface area contributed by atoms with E-state index in [9.17, 15) is 9.18 Å². The van der Waals surface area contributed by atoms with Crippen molar-refractivity contribution in [3.8, 4) is 5.69 Å². The van der Waals surface area contributed by atoms with Gasteiger partial charge in [0.05, 0.1) is 23.6 Å². The van der Waals surface area contributed by atoms with Crippen molar-refractivity contribution in [3.05, 3.63) is 82.4 Å². The van der Waals surface area contributed by atoms with Crippen LogP contribution in [0.25, 0.3) is 5.69 Å². The number of hydrogen-bond donors (Lipinski definition) is 0. The van der Waals surface area contributed by atoms with Gasteiger partial charge in [-0.05, 0) is 56.5 Å². The molecule has 2 aliphatic rings. The first-order valence-corrected chi connectivity index (χ1v) is 12.4. The lowest BCUT2D eigenvalue weighted by Gasteiger charge is -2.31. The third kappa shape index (κ3) is 4.64. The first-order valence-electron chi connectivity index (χ1n) is 12.4. The van der Waals surface area contributed by atoms with E-state index < -0.39 is 0 Å². The molecule has 1 aliphatic heterocycles. The molecule has 0 unspecified atom stereocenters. The summed E-state index contributed by atoms with van der Waals surface area (Å²) in [7, 11) is 0. The molecule has 1 fully saturated rings. The van der Waals surface area contributed by atoms with Crippen LogP contribution in [-0.4, -0.2) is 38.6 Å². The van der Waals surface area contributed by atoms with E-state index in [2.05, 4.69) is 47.7 Å². The lowest BCUT2D eigenvalue weighted by molar-refractivity contribution is -0.138. The number of halogens is 1. The van der Waals surface area contributed by atoms with E-state index in [4.69, 9.17) is 5.10 Å². The summed E-state index contributed by atoms with van der Waals surface area (Å²) >= 11 is 0. The van der Waals surface area contributed by atoms with E-state index >= 15 is 0 Å². The average molecular weight is 461 g/mol. The van der Waals surface area contributed by atoms with E-state index in [1.54, 1.807) is 0 Å². The first-order chi connectivity index (χ1) is 16.5. The number of benzene rings is 2. The molecule has 0 radical (unpaired) electrons. The highest BCUT2D eigenvalue weighted by Gasteiger charge is 2.31. The summed E-state index contributed by atoms with van der Waals surface area (Å²) in [5, 5.41) is 5.06. The summed E-state index contributed by atoms with van der Waals surface area (Å²) in [4.78, 5) is 17.4. The zero-order valence-electron chi connectivity index (χ0n) is 20.1. The van der Waals surface area contributed by atoms with E-state index in [0.717, 1.165) is 62.3 Å². The smallest absolute Gasteiger partial charge is 0.226 e. The molecule has 0 saturated heterocycles. The Kier molecular flexibility index (Phi) is 6.50. The summed E-state index contributed by atoms with van der Waals surface area (Å²) in [5.41, 5.74) is 6.85. The fraction of sp³-hybridized carbons (Fsp3) is 0.429. The van der Waals surface area contributed by atoms with Crippen LogP contribution in [0.3, 0.4) is 0 Å². The van der Waals surface area contributed by atoms with E-state index in [1.807, 2.05) is 17.0 Å². The molecule has 0 spiro atoms. The normalized spacial score (nSPS) is 16.2. The molecule has 1 aliphatic carbocycles. The lowest BCUT2D eigenvalue weighted by Crippen LogP contribution is -2.39. The van der Waals surface area contributed by atoms with Gasteiger partial charge in [0, 0.05) is 44.1 Å². The van der Waals surface area contributed by atoms with Crippen molar-refractivity contribution in [1.82, 2.24) is 19.6 Å². The van der Waals surface area contributed by atoms with Gasteiger partial charge in [-0.1, -0.05) is 36.2 Å². The Balaban J connectivity index is 1.44. The summed E-state index contributed by atoms with van der Waals surface area (Å²) < 4.78 is 15.4. The topological polar surface area (TPSA) is 41.4 Å². The summed E-state index contributed by atoms with van der Waals surface area (Å²) in [6, 6.07) is 15.2. The minimum Gasteiger partial charge on any atom is -0.337 e. The van der Waals surface area contributed by atoms with Crippen LogP contribution in [0.1, 0.15) is 54.3 Å². The molecule has 2 heterocycles. The van der Waals surface area contributed by atoms with Crippen LogP contribution in [0, 0.1) is 18.7 Å². The molecule has 34 heavy (non-hydrogen) atoms. The van der Waals surface area contributed by atoms with Crippen molar-refractivity contribution >= 4 is 5.91 Å². The molecule has 0 N–H and O–H groups in total. The Morgan fingerprint density at radius 2 is 1.85 bits per heavy atom. The number of carbonyl (C=O) groups excluding carboxylic acids is 1. The lowest BCUT2D eigenvalue weighted by atomic mass is 9.84. The molecule has 3 aromatic rings. The molecule has 2 aromatic carbocycles. The molecule has 1 aromatic heterocycles. The van der Waals surface area contributed by atoms with Gasteiger partial charge in [-0.2, -0.15) is 5.10 Å². The summed E-state index contributed by atoms with van der Waals surface area (Å²) in [5.74, 6) is 0.249. The molecule has 0 bridgehead atoms. The van der Waals surface area contributed by atoms with E-state index in [1.165, 1.54) is 29.0 Å². The molecule has 178 valence electrons. The molecular weight excluding hydrogens is 427 g/mol. The molecule has 6 heteroatoms. The maximum Gasteiger partial charge on any atom is 0.226 e. The van der Waals surface area contributed by atoms with Gasteiger partial charge in [-0.3, -0.25) is 9.69 Å². The monoisotopic (exact) mass is 460 g/mol. The Bertz CT molecular complexity index is 1150. The summed E-state index contributed by atoms with van der Waals surface area (Å²) in [6.45, 7) is 7.86. The number of aromatic nitrogens is 2. The molecule has 1 saturated carbocycles. The second-order valence-electron chi connectivity index (χ2n) is 9.69. The zero-order chi connectivity index (χ0) is 23.7. The van der Waals surface area contributed by atoms with Crippen molar-refractivity contribution in [2.24, 2.45) is 5.92 Å². The van der Waals surface area contributed by atoms with Crippen LogP contribution >= 0.6 is 0 Å². The van der Waals surface area contributed by atoms with Crippen LogP contribution < -0.4 is 0 Å². The Labute approximate surface area is 201 Å². The van der Waals surface area contributed by atoms with Crippen molar-refractivity contribution < 1.29 is 9.18 Å². The number of aryl methyl sites for hydroxylation is 1. The summed E-state index contributed by atoms with van der Waals surface area (Å²) in [6.07, 6.45) is 4.07. The SMILES string of the molecule is CCN(Cc1nn(-c2ccc(C)cc2)c2c1CN(Cc1ccc(F)cc1)CC2)C(=O)C1CCC1. The second-order valence-corrected chi connectivity index (χ2v) is 9.69. The third-order valence-electron chi connectivity index (χ3n) is 7.31. The standard InChI is InChI=1S/C28H33FN4O/c1-3-32(28(34)22-5-4-6-22)19-26-25-18-31(17-21-9-11-23(29)12-10-21)16-15-27(25)33(30-26)24-13-7-20(2)8-14-24/h7-14,22H,3-6,15-19H2,1-2H3. The van der Waals surface area contributed by atoms with Gasteiger partial charge in [0.15, 0.2) is 0 Å². The van der Waals surface area contributed by atoms with Gasteiger partial charge < -0.3 is 4.90 Å². The van der Waals surface area contributed by atoms with Crippen molar-refractivity contribution in [2.45, 2.75) is 59.2 Å². The number of rotatable bonds is 7. The average Bonchev–Trinajstić information content (AvgIpc) is 3.16. The first kappa shape index (κ1) is 22.8. The van der Waals surface area contributed by atoms with Gasteiger partial charge >= 0.3 is 0 Å². The van der Waals surface area contributed by atoms with Crippen molar-refractivity contribution in [3.63, 3.8) is 0 Å². The number of fused-ring (bicyclic) bond motifs is 1. The molecule has 5 rings (SSSR count). The zero-order valence-corrected chi connectivity index (χ0v) is 20.1. The fourth-order valence-electron chi connectivity index (χ4n) is 4.99. The molecule has 5 nitrogen and oxygen atoms in total. The van der Waals surface area contributed by atoms with E-state index in [-0.39, 0.29) is 17.6 Å². The highest BCUT2D eigenvalue weighted by molar-refractivity contribution is 5.79. The Hall–Kier alpha value is -2.99. The van der Waals surface area contributed by atoms with Crippen LogP contribution in [0.4, 0.5) is 4.39 Å². The maximum absolute atomic E-state index is 13.4.